The Morgan fingerprint density at radius 1 is 1.29 bits per heavy atom. The second kappa shape index (κ2) is 8.35. The second-order valence-corrected chi connectivity index (χ2v) is 4.18. The standard InChI is InChI=1S/C14H17O7/c1-19-12-5-9(7-15)3-4-11(12)21-13(8-16)10(17)6-14(18)20-2/h3-5,7,10,13-14,17-18H,6H2,1-2H3. The summed E-state index contributed by atoms with van der Waals surface area (Å²) in [5.74, 6) is 0.404. The van der Waals surface area contributed by atoms with Gasteiger partial charge < -0.3 is 24.4 Å². The predicted molar refractivity (Wildman–Crippen MR) is 72.1 cm³/mol. The lowest BCUT2D eigenvalue weighted by atomic mass is 10.1. The molecule has 0 saturated carbocycles. The zero-order valence-corrected chi connectivity index (χ0v) is 11.7. The molecule has 1 rings (SSSR count). The van der Waals surface area contributed by atoms with Crippen LogP contribution in [0.2, 0.25) is 0 Å². The van der Waals surface area contributed by atoms with Crippen molar-refractivity contribution in [2.75, 3.05) is 14.2 Å². The van der Waals surface area contributed by atoms with Crippen molar-refractivity contribution in [3.8, 4) is 11.5 Å². The van der Waals surface area contributed by atoms with Crippen LogP contribution < -0.4 is 9.47 Å². The number of aliphatic hydroxyl groups excluding tert-OH is 2. The van der Waals surface area contributed by atoms with E-state index in [0.29, 0.717) is 11.8 Å². The number of rotatable bonds is 9. The maximum Gasteiger partial charge on any atom is 0.245 e. The van der Waals surface area contributed by atoms with Crippen LogP contribution in [0.4, 0.5) is 0 Å². The highest BCUT2D eigenvalue weighted by atomic mass is 16.6. The Labute approximate surface area is 122 Å². The van der Waals surface area contributed by atoms with Gasteiger partial charge in [0.15, 0.2) is 23.9 Å². The van der Waals surface area contributed by atoms with E-state index in [1.165, 1.54) is 32.4 Å². The van der Waals surface area contributed by atoms with Crippen molar-refractivity contribution in [1.82, 2.24) is 0 Å². The van der Waals surface area contributed by atoms with Gasteiger partial charge in [0, 0.05) is 19.1 Å². The summed E-state index contributed by atoms with van der Waals surface area (Å²) >= 11 is 0. The minimum absolute atomic E-state index is 0.169. The van der Waals surface area contributed by atoms with Crippen LogP contribution in [-0.2, 0) is 9.53 Å². The first-order chi connectivity index (χ1) is 10.0. The number of methoxy groups -OCH3 is 2. The van der Waals surface area contributed by atoms with E-state index in [2.05, 4.69) is 4.74 Å². The molecule has 1 aromatic rings. The summed E-state index contributed by atoms with van der Waals surface area (Å²) in [7, 11) is 2.64. The van der Waals surface area contributed by atoms with Crippen molar-refractivity contribution in [3.63, 3.8) is 0 Å². The molecule has 21 heavy (non-hydrogen) atoms. The van der Waals surface area contributed by atoms with Crippen LogP contribution in [0.25, 0.3) is 0 Å². The molecule has 1 aromatic carbocycles. The van der Waals surface area contributed by atoms with Crippen molar-refractivity contribution in [2.24, 2.45) is 0 Å². The Hall–Kier alpha value is -1.96. The zero-order valence-electron chi connectivity index (χ0n) is 11.7. The summed E-state index contributed by atoms with van der Waals surface area (Å²) in [6.07, 6.45) is -1.90. The number of hydrogen-bond acceptors (Lipinski definition) is 7. The van der Waals surface area contributed by atoms with Gasteiger partial charge >= 0.3 is 0 Å². The lowest BCUT2D eigenvalue weighted by molar-refractivity contribution is -0.106. The van der Waals surface area contributed by atoms with Gasteiger partial charge in [0.25, 0.3) is 0 Å². The van der Waals surface area contributed by atoms with E-state index in [-0.39, 0.29) is 17.9 Å². The highest BCUT2D eigenvalue weighted by Crippen LogP contribution is 2.29. The summed E-state index contributed by atoms with van der Waals surface area (Å²) in [5.41, 5.74) is 0.376. The molecule has 0 fully saturated rings. The molecule has 0 spiro atoms. The van der Waals surface area contributed by atoms with Gasteiger partial charge in [-0.25, -0.2) is 0 Å². The van der Waals surface area contributed by atoms with Crippen LogP contribution in [0.15, 0.2) is 18.2 Å². The van der Waals surface area contributed by atoms with Crippen LogP contribution in [0.1, 0.15) is 16.8 Å². The van der Waals surface area contributed by atoms with E-state index < -0.39 is 18.5 Å². The first kappa shape index (κ1) is 17.1. The number of ether oxygens (including phenoxy) is 3. The summed E-state index contributed by atoms with van der Waals surface area (Å²) in [6, 6.07) is 4.34. The predicted octanol–water partition coefficient (Wildman–Crippen LogP) is 0.0806. The van der Waals surface area contributed by atoms with Crippen molar-refractivity contribution in [3.05, 3.63) is 23.8 Å². The Balaban J connectivity index is 2.85. The molecule has 0 heterocycles. The number of benzene rings is 1. The fourth-order valence-electron chi connectivity index (χ4n) is 1.60. The van der Waals surface area contributed by atoms with Gasteiger partial charge in [-0.2, -0.15) is 0 Å². The monoisotopic (exact) mass is 297 g/mol. The molecule has 0 aliphatic rings. The first-order valence-corrected chi connectivity index (χ1v) is 6.12. The van der Waals surface area contributed by atoms with Crippen LogP contribution >= 0.6 is 0 Å². The number of hydrogen-bond donors (Lipinski definition) is 2. The molecule has 3 atom stereocenters. The molecule has 3 unspecified atom stereocenters. The molecular weight excluding hydrogens is 280 g/mol. The normalized spacial score (nSPS) is 14.9. The third-order valence-electron chi connectivity index (χ3n) is 2.76. The largest absolute Gasteiger partial charge is 0.493 e. The average molecular weight is 297 g/mol. The van der Waals surface area contributed by atoms with Gasteiger partial charge in [0.1, 0.15) is 12.4 Å². The van der Waals surface area contributed by atoms with E-state index in [1.54, 1.807) is 6.29 Å². The SMILES string of the molecule is COc1cc(C=O)ccc1OC([C]=O)C(O)CC(O)OC. The van der Waals surface area contributed by atoms with Crippen LogP contribution in [-0.4, -0.2) is 55.5 Å². The highest BCUT2D eigenvalue weighted by molar-refractivity contribution is 5.76. The van der Waals surface area contributed by atoms with Crippen molar-refractivity contribution in [2.45, 2.75) is 24.9 Å². The number of carbonyl (C=O) groups is 1. The molecular formula is C14H17O7. The maximum atomic E-state index is 10.9. The smallest absolute Gasteiger partial charge is 0.245 e. The van der Waals surface area contributed by atoms with Gasteiger partial charge in [-0.15, -0.1) is 0 Å². The Kier molecular flexibility index (Phi) is 6.80. The van der Waals surface area contributed by atoms with E-state index in [1.807, 2.05) is 0 Å². The topological polar surface area (TPSA) is 102 Å². The van der Waals surface area contributed by atoms with E-state index >= 15 is 0 Å². The fourth-order valence-corrected chi connectivity index (χ4v) is 1.60. The Morgan fingerprint density at radius 2 is 2.00 bits per heavy atom. The van der Waals surface area contributed by atoms with Crippen LogP contribution in [0, 0.1) is 0 Å². The van der Waals surface area contributed by atoms with Crippen LogP contribution in [0.3, 0.4) is 0 Å². The van der Waals surface area contributed by atoms with E-state index in [9.17, 15) is 19.8 Å². The number of carbonyl (C=O) groups excluding carboxylic acids is 2. The average Bonchev–Trinajstić information content (AvgIpc) is 2.51. The summed E-state index contributed by atoms with van der Waals surface area (Å²) in [5, 5.41) is 19.1. The first-order valence-electron chi connectivity index (χ1n) is 6.12. The third-order valence-corrected chi connectivity index (χ3v) is 2.76. The second-order valence-electron chi connectivity index (χ2n) is 4.18. The fraction of sp³-hybridized carbons (Fsp3) is 0.429. The molecule has 115 valence electrons. The zero-order chi connectivity index (χ0) is 15.8. The molecule has 0 aliphatic carbocycles. The van der Waals surface area contributed by atoms with Gasteiger partial charge in [0.05, 0.1) is 7.11 Å². The van der Waals surface area contributed by atoms with E-state index in [0.717, 1.165) is 0 Å². The Bertz CT molecular complexity index is 474. The van der Waals surface area contributed by atoms with Crippen LogP contribution in [0.5, 0.6) is 11.5 Å². The summed E-state index contributed by atoms with van der Waals surface area (Å²) in [6.45, 7) is 0. The molecule has 1 radical (unpaired) electrons. The molecule has 2 N–H and O–H groups in total. The van der Waals surface area contributed by atoms with Gasteiger partial charge in [0.2, 0.25) is 6.29 Å². The molecule has 7 nitrogen and oxygen atoms in total. The lowest BCUT2D eigenvalue weighted by Crippen LogP contribution is -2.36. The summed E-state index contributed by atoms with van der Waals surface area (Å²) < 4.78 is 14.9. The Morgan fingerprint density at radius 3 is 2.52 bits per heavy atom. The van der Waals surface area contributed by atoms with Crippen molar-refractivity contribution >= 4 is 12.6 Å². The number of aliphatic hydroxyl groups is 2. The van der Waals surface area contributed by atoms with Crippen molar-refractivity contribution in [1.29, 1.82) is 0 Å². The number of aldehydes is 1. The van der Waals surface area contributed by atoms with Gasteiger partial charge in [-0.1, -0.05) is 0 Å². The maximum absolute atomic E-state index is 10.9. The molecule has 0 aliphatic heterocycles. The van der Waals surface area contributed by atoms with Crippen molar-refractivity contribution < 1.29 is 34.0 Å². The molecule has 0 bridgehead atoms. The minimum atomic E-state index is -1.33. The minimum Gasteiger partial charge on any atom is -0.493 e. The molecule has 0 amide bonds. The summed E-state index contributed by atoms with van der Waals surface area (Å²) in [4.78, 5) is 21.6. The van der Waals surface area contributed by atoms with Gasteiger partial charge in [-0.05, 0) is 18.2 Å². The lowest BCUT2D eigenvalue weighted by Gasteiger charge is -2.21. The van der Waals surface area contributed by atoms with E-state index in [4.69, 9.17) is 9.47 Å². The highest BCUT2D eigenvalue weighted by Gasteiger charge is 2.25. The molecule has 7 heteroatoms. The molecule has 0 saturated heterocycles. The van der Waals surface area contributed by atoms with Gasteiger partial charge in [-0.3, -0.25) is 9.59 Å². The quantitative estimate of drug-likeness (QED) is 0.491. The molecule has 0 aromatic heterocycles. The third kappa shape index (κ3) is 4.82.